The van der Waals surface area contributed by atoms with Crippen molar-refractivity contribution >= 4 is 23.7 Å². The van der Waals surface area contributed by atoms with E-state index in [2.05, 4.69) is 10.3 Å². The highest BCUT2D eigenvalue weighted by Gasteiger charge is 2.33. The quantitative estimate of drug-likeness (QED) is 0.253. The first kappa shape index (κ1) is 21.5. The lowest BCUT2D eigenvalue weighted by atomic mass is 10.1. The molecular weight excluding hydrogens is 428 g/mol. The second-order valence-electron chi connectivity index (χ2n) is 6.96. The van der Waals surface area contributed by atoms with Crippen LogP contribution >= 0.6 is 0 Å². The number of nitro groups is 1. The molecule has 1 N–H and O–H groups in total. The summed E-state index contributed by atoms with van der Waals surface area (Å²) in [5.41, 5.74) is 1.21. The molecule has 0 radical (unpaired) electrons. The van der Waals surface area contributed by atoms with Crippen molar-refractivity contribution in [3.05, 3.63) is 93.8 Å². The molecule has 2 aromatic carbocycles. The molecule has 0 saturated carbocycles. The summed E-state index contributed by atoms with van der Waals surface area (Å²) in [6.07, 6.45) is 2.89. The second kappa shape index (κ2) is 9.18. The minimum atomic E-state index is -0.594. The molecule has 3 aromatic rings. The fourth-order valence-corrected chi connectivity index (χ4v) is 3.21. The predicted octanol–water partition coefficient (Wildman–Crippen LogP) is 3.88. The molecule has 1 aliphatic heterocycles. The Morgan fingerprint density at radius 2 is 1.88 bits per heavy atom. The van der Waals surface area contributed by atoms with Gasteiger partial charge in [-0.05, 0) is 35.4 Å². The van der Waals surface area contributed by atoms with Crippen LogP contribution in [0, 0.1) is 10.1 Å². The summed E-state index contributed by atoms with van der Waals surface area (Å²) < 4.78 is 10.9. The van der Waals surface area contributed by atoms with E-state index in [0.717, 1.165) is 10.5 Å². The zero-order chi connectivity index (χ0) is 23.4. The first-order valence-electron chi connectivity index (χ1n) is 9.80. The lowest BCUT2D eigenvalue weighted by molar-refractivity contribution is -0.386. The molecule has 0 atom stereocenters. The molecule has 4 rings (SSSR count). The van der Waals surface area contributed by atoms with Gasteiger partial charge in [0, 0.05) is 12.3 Å². The molecule has 2 heterocycles. The minimum absolute atomic E-state index is 0.118. The maximum absolute atomic E-state index is 12.7. The highest BCUT2D eigenvalue weighted by molar-refractivity contribution is 6.13. The molecule has 3 amide bonds. The molecular formula is C23H18N4O6. The van der Waals surface area contributed by atoms with Gasteiger partial charge in [0.2, 0.25) is 0 Å². The number of benzene rings is 2. The molecule has 0 aliphatic carbocycles. The number of amides is 3. The third kappa shape index (κ3) is 4.64. The van der Waals surface area contributed by atoms with Crippen molar-refractivity contribution in [3.63, 3.8) is 0 Å². The highest BCUT2D eigenvalue weighted by Crippen LogP contribution is 2.35. The van der Waals surface area contributed by atoms with Crippen molar-refractivity contribution in [2.45, 2.75) is 6.54 Å². The SMILES string of the molecule is COc1cc(/C=C2\NC(=O)N(Cc3ccccc3)C2=O)ccc1Oc1ncccc1[N+](=O)[O-]. The number of hydrogen-bond donors (Lipinski definition) is 1. The van der Waals surface area contributed by atoms with Crippen molar-refractivity contribution in [2.24, 2.45) is 0 Å². The Morgan fingerprint density at radius 1 is 1.09 bits per heavy atom. The van der Waals surface area contributed by atoms with E-state index >= 15 is 0 Å². The molecule has 1 aliphatic rings. The lowest BCUT2D eigenvalue weighted by Crippen LogP contribution is -2.30. The average molecular weight is 446 g/mol. The highest BCUT2D eigenvalue weighted by atomic mass is 16.6. The molecule has 33 heavy (non-hydrogen) atoms. The van der Waals surface area contributed by atoms with Crippen LogP contribution < -0.4 is 14.8 Å². The number of carbonyl (C=O) groups excluding carboxylic acids is 2. The number of methoxy groups -OCH3 is 1. The van der Waals surface area contributed by atoms with Gasteiger partial charge in [-0.15, -0.1) is 0 Å². The van der Waals surface area contributed by atoms with E-state index in [0.29, 0.717) is 5.56 Å². The third-order valence-electron chi connectivity index (χ3n) is 4.80. The number of carbonyl (C=O) groups is 2. The Labute approximate surface area is 188 Å². The summed E-state index contributed by atoms with van der Waals surface area (Å²) in [5.74, 6) is -0.162. The molecule has 1 aromatic heterocycles. The van der Waals surface area contributed by atoms with Gasteiger partial charge in [-0.3, -0.25) is 19.8 Å². The van der Waals surface area contributed by atoms with Crippen LogP contribution in [0.4, 0.5) is 10.5 Å². The van der Waals surface area contributed by atoms with Gasteiger partial charge in [0.25, 0.3) is 11.8 Å². The fourth-order valence-electron chi connectivity index (χ4n) is 3.21. The Bertz CT molecular complexity index is 1260. The van der Waals surface area contributed by atoms with E-state index in [1.807, 2.05) is 30.3 Å². The maximum Gasteiger partial charge on any atom is 0.331 e. The monoisotopic (exact) mass is 446 g/mol. The van der Waals surface area contributed by atoms with Crippen LogP contribution in [0.5, 0.6) is 17.4 Å². The normalized spacial score (nSPS) is 14.3. The van der Waals surface area contributed by atoms with E-state index in [9.17, 15) is 19.7 Å². The first-order valence-corrected chi connectivity index (χ1v) is 9.80. The van der Waals surface area contributed by atoms with E-state index in [1.54, 1.807) is 12.1 Å². The van der Waals surface area contributed by atoms with Crippen LogP contribution in [0.25, 0.3) is 6.08 Å². The number of pyridine rings is 1. The molecule has 0 bridgehead atoms. The molecule has 10 nitrogen and oxygen atoms in total. The largest absolute Gasteiger partial charge is 0.493 e. The Hall–Kier alpha value is -4.73. The van der Waals surface area contributed by atoms with Gasteiger partial charge < -0.3 is 14.8 Å². The molecule has 166 valence electrons. The summed E-state index contributed by atoms with van der Waals surface area (Å²) >= 11 is 0. The second-order valence-corrected chi connectivity index (χ2v) is 6.96. The third-order valence-corrected chi connectivity index (χ3v) is 4.80. The van der Waals surface area contributed by atoms with E-state index in [-0.39, 0.29) is 35.3 Å². The number of aromatic nitrogens is 1. The Balaban J connectivity index is 1.56. The van der Waals surface area contributed by atoms with Gasteiger partial charge in [-0.1, -0.05) is 36.4 Å². The summed E-state index contributed by atoms with van der Waals surface area (Å²) in [6.45, 7) is 0.155. The van der Waals surface area contributed by atoms with Gasteiger partial charge >= 0.3 is 11.7 Å². The van der Waals surface area contributed by atoms with Crippen LogP contribution in [0.15, 0.2) is 72.6 Å². The number of urea groups is 1. The topological polar surface area (TPSA) is 124 Å². The van der Waals surface area contributed by atoms with Crippen molar-refractivity contribution in [3.8, 4) is 17.4 Å². The first-order chi connectivity index (χ1) is 16.0. The Kier molecular flexibility index (Phi) is 5.98. The van der Waals surface area contributed by atoms with Gasteiger partial charge in [0.05, 0.1) is 18.6 Å². The van der Waals surface area contributed by atoms with Gasteiger partial charge in [-0.2, -0.15) is 0 Å². The Morgan fingerprint density at radius 3 is 2.61 bits per heavy atom. The van der Waals surface area contributed by atoms with Gasteiger partial charge in [0.15, 0.2) is 11.5 Å². The van der Waals surface area contributed by atoms with Crippen LogP contribution in [0.2, 0.25) is 0 Å². The summed E-state index contributed by atoms with van der Waals surface area (Å²) in [6, 6.07) is 16.1. The summed E-state index contributed by atoms with van der Waals surface area (Å²) in [4.78, 5) is 40.7. The number of nitrogens with one attached hydrogen (secondary N) is 1. The smallest absolute Gasteiger partial charge is 0.331 e. The standard InChI is InChI=1S/C23H18N4O6/c1-32-20-13-16(9-10-19(20)33-21-18(27(30)31)8-5-11-24-21)12-17-22(28)26(23(29)25-17)14-15-6-3-2-4-7-15/h2-13H,14H2,1H3,(H,25,29)/b17-12-. The summed E-state index contributed by atoms with van der Waals surface area (Å²) in [7, 11) is 1.41. The van der Waals surface area contributed by atoms with Gasteiger partial charge in [-0.25, -0.2) is 9.78 Å². The van der Waals surface area contributed by atoms with Crippen LogP contribution in [0.1, 0.15) is 11.1 Å². The molecule has 10 heteroatoms. The molecule has 0 spiro atoms. The number of rotatable bonds is 7. The van der Waals surface area contributed by atoms with Crippen molar-refractivity contribution in [1.29, 1.82) is 0 Å². The van der Waals surface area contributed by atoms with Crippen LogP contribution in [-0.4, -0.2) is 33.9 Å². The number of nitrogens with zero attached hydrogens (tertiary/aromatic N) is 3. The van der Waals surface area contributed by atoms with E-state index in [1.165, 1.54) is 37.6 Å². The van der Waals surface area contributed by atoms with Crippen molar-refractivity contribution < 1.29 is 24.0 Å². The molecule has 1 saturated heterocycles. The van der Waals surface area contributed by atoms with E-state index < -0.39 is 16.9 Å². The number of ether oxygens (including phenoxy) is 2. The van der Waals surface area contributed by atoms with Crippen LogP contribution in [-0.2, 0) is 11.3 Å². The van der Waals surface area contributed by atoms with Gasteiger partial charge in [0.1, 0.15) is 5.70 Å². The predicted molar refractivity (Wildman–Crippen MR) is 117 cm³/mol. The molecule has 0 unspecified atom stereocenters. The van der Waals surface area contributed by atoms with E-state index in [4.69, 9.17) is 9.47 Å². The maximum atomic E-state index is 12.7. The van der Waals surface area contributed by atoms with Crippen molar-refractivity contribution in [1.82, 2.24) is 15.2 Å². The summed E-state index contributed by atoms with van der Waals surface area (Å²) in [5, 5.41) is 13.8. The fraction of sp³-hybridized carbons (Fsp3) is 0.0870. The zero-order valence-electron chi connectivity index (χ0n) is 17.4. The average Bonchev–Trinajstić information content (AvgIpc) is 3.08. The number of hydrogen-bond acceptors (Lipinski definition) is 7. The number of imide groups is 1. The lowest BCUT2D eigenvalue weighted by Gasteiger charge is -2.11. The molecule has 1 fully saturated rings. The minimum Gasteiger partial charge on any atom is -0.493 e. The van der Waals surface area contributed by atoms with Crippen LogP contribution in [0.3, 0.4) is 0 Å². The van der Waals surface area contributed by atoms with Crippen molar-refractivity contribution in [2.75, 3.05) is 7.11 Å². The zero-order valence-corrected chi connectivity index (χ0v) is 17.4.